The molecule has 150 valence electrons. The Labute approximate surface area is 162 Å². The third kappa shape index (κ3) is 2.99. The van der Waals surface area contributed by atoms with Gasteiger partial charge in [-0.3, -0.25) is 9.59 Å². The fourth-order valence-electron chi connectivity index (χ4n) is 7.27. The van der Waals surface area contributed by atoms with E-state index in [9.17, 15) is 14.7 Å². The number of aliphatic hydroxyl groups is 1. The van der Waals surface area contributed by atoms with Gasteiger partial charge < -0.3 is 10.2 Å². The molecule has 0 aromatic heterocycles. The highest BCUT2D eigenvalue weighted by Gasteiger charge is 2.59. The first-order valence-electron chi connectivity index (χ1n) is 10.8. The summed E-state index contributed by atoms with van der Waals surface area (Å²) in [6.07, 6.45) is 11.1. The smallest absolute Gasteiger partial charge is 0.303 e. The summed E-state index contributed by atoms with van der Waals surface area (Å²) in [5.41, 5.74) is 0.727. The molecule has 27 heavy (non-hydrogen) atoms. The zero-order chi connectivity index (χ0) is 19.4. The van der Waals surface area contributed by atoms with E-state index in [-0.39, 0.29) is 17.3 Å². The highest BCUT2D eigenvalue weighted by Crippen LogP contribution is 2.64. The van der Waals surface area contributed by atoms with Gasteiger partial charge in [-0.1, -0.05) is 25.5 Å². The highest BCUT2D eigenvalue weighted by atomic mass is 16.4. The lowest BCUT2D eigenvalue weighted by Crippen LogP contribution is -2.52. The van der Waals surface area contributed by atoms with E-state index in [0.717, 1.165) is 44.9 Å². The molecule has 0 saturated heterocycles. The zero-order valence-corrected chi connectivity index (χ0v) is 16.8. The van der Waals surface area contributed by atoms with Gasteiger partial charge in [0.25, 0.3) is 0 Å². The Morgan fingerprint density at radius 3 is 2.63 bits per heavy atom. The number of carboxylic acid groups (broad SMARTS) is 1. The van der Waals surface area contributed by atoms with Crippen LogP contribution in [0.3, 0.4) is 0 Å². The molecule has 4 nitrogen and oxygen atoms in total. The lowest BCUT2D eigenvalue weighted by atomic mass is 9.47. The first-order chi connectivity index (χ1) is 12.7. The van der Waals surface area contributed by atoms with Crippen LogP contribution in [-0.2, 0) is 9.59 Å². The van der Waals surface area contributed by atoms with Crippen molar-refractivity contribution in [3.63, 3.8) is 0 Å². The third-order valence-corrected chi connectivity index (χ3v) is 9.00. The van der Waals surface area contributed by atoms with Crippen LogP contribution < -0.4 is 0 Å². The van der Waals surface area contributed by atoms with E-state index in [4.69, 9.17) is 5.11 Å². The number of Topliss-reactive ketones (excluding diaryl/α,β-unsaturated/α-hetero) is 1. The Hall–Kier alpha value is -1.16. The Morgan fingerprint density at radius 2 is 1.89 bits per heavy atom. The number of fused-ring (bicyclic) bond motifs is 5. The normalized spacial score (nSPS) is 46.3. The Bertz CT molecular complexity index is 682. The van der Waals surface area contributed by atoms with Gasteiger partial charge in [0.1, 0.15) is 5.78 Å². The molecular weight excluding hydrogens is 340 g/mol. The fraction of sp³-hybridized carbons (Fsp3) is 0.826. The van der Waals surface area contributed by atoms with Crippen molar-refractivity contribution in [1.29, 1.82) is 0 Å². The zero-order valence-electron chi connectivity index (χ0n) is 16.8. The highest BCUT2D eigenvalue weighted by molar-refractivity contribution is 5.87. The van der Waals surface area contributed by atoms with Crippen molar-refractivity contribution in [3.05, 3.63) is 11.6 Å². The quantitative estimate of drug-likeness (QED) is 0.710. The van der Waals surface area contributed by atoms with Crippen molar-refractivity contribution >= 4 is 11.8 Å². The van der Waals surface area contributed by atoms with E-state index in [1.165, 1.54) is 5.57 Å². The molecule has 0 radical (unpaired) electrons. The standard InChI is InChI=1S/C23H34O4/c1-21-12-13-23(27,10-3-4-20(25)26)14-15(21)5-6-16-17-7-8-19(24)22(17,2)11-9-18(16)21/h5,16-18,27H,3-4,6-14H2,1-2H3,(H,25,26)/t16-,17-,18-,21-,22-,23+/m0/s1. The second-order valence-electron chi connectivity index (χ2n) is 10.3. The number of ketones is 1. The molecule has 0 bridgehead atoms. The van der Waals surface area contributed by atoms with Gasteiger partial charge in [0.15, 0.2) is 0 Å². The molecular formula is C23H34O4. The molecule has 4 heteroatoms. The van der Waals surface area contributed by atoms with Gasteiger partial charge >= 0.3 is 5.97 Å². The maximum atomic E-state index is 12.5. The SMILES string of the molecule is C[C@]12CC[C@](O)(CCCC(=O)O)CC1=CC[C@@H]1[C@@H]2CC[C@]2(C)C(=O)CC[C@@H]12. The molecule has 2 N–H and O–H groups in total. The third-order valence-electron chi connectivity index (χ3n) is 9.00. The molecule has 0 unspecified atom stereocenters. The number of aliphatic carboxylic acids is 1. The predicted octanol–water partition coefficient (Wildman–Crippen LogP) is 4.50. The minimum atomic E-state index is -0.782. The molecule has 0 aromatic rings. The van der Waals surface area contributed by atoms with Crippen LogP contribution in [0.2, 0.25) is 0 Å². The second-order valence-corrected chi connectivity index (χ2v) is 10.3. The molecule has 0 aliphatic heterocycles. The lowest BCUT2D eigenvalue weighted by Gasteiger charge is -2.58. The number of hydrogen-bond donors (Lipinski definition) is 2. The van der Waals surface area contributed by atoms with E-state index in [1.807, 2.05) is 0 Å². The topological polar surface area (TPSA) is 74.6 Å². The van der Waals surface area contributed by atoms with E-state index < -0.39 is 11.6 Å². The number of rotatable bonds is 4. The molecule has 0 heterocycles. The number of allylic oxidation sites excluding steroid dienone is 1. The van der Waals surface area contributed by atoms with Crippen LogP contribution >= 0.6 is 0 Å². The fourth-order valence-corrected chi connectivity index (χ4v) is 7.27. The monoisotopic (exact) mass is 374 g/mol. The summed E-state index contributed by atoms with van der Waals surface area (Å²) in [7, 11) is 0. The van der Waals surface area contributed by atoms with Crippen LogP contribution in [0, 0.1) is 28.6 Å². The minimum absolute atomic E-state index is 0.0882. The van der Waals surface area contributed by atoms with Crippen molar-refractivity contribution in [2.45, 2.75) is 90.1 Å². The summed E-state index contributed by atoms with van der Waals surface area (Å²) in [5.74, 6) is 1.49. The average molecular weight is 375 g/mol. The maximum Gasteiger partial charge on any atom is 0.303 e. The van der Waals surface area contributed by atoms with E-state index in [0.29, 0.717) is 42.8 Å². The Morgan fingerprint density at radius 1 is 1.15 bits per heavy atom. The molecule has 4 aliphatic carbocycles. The first-order valence-corrected chi connectivity index (χ1v) is 10.8. The largest absolute Gasteiger partial charge is 0.481 e. The first kappa shape index (κ1) is 19.2. The lowest BCUT2D eigenvalue weighted by molar-refractivity contribution is -0.137. The van der Waals surface area contributed by atoms with E-state index in [2.05, 4.69) is 19.9 Å². The van der Waals surface area contributed by atoms with Gasteiger partial charge in [0.2, 0.25) is 0 Å². The molecule has 0 amide bonds. The molecule has 6 atom stereocenters. The van der Waals surface area contributed by atoms with Gasteiger partial charge in [-0.05, 0) is 81.0 Å². The number of carboxylic acids is 1. The number of carbonyl (C=O) groups is 2. The molecule has 3 saturated carbocycles. The van der Waals surface area contributed by atoms with E-state index in [1.54, 1.807) is 0 Å². The Kier molecular flexibility index (Phi) is 4.57. The number of hydrogen-bond acceptors (Lipinski definition) is 3. The molecule has 0 spiro atoms. The van der Waals surface area contributed by atoms with Gasteiger partial charge in [0.05, 0.1) is 5.60 Å². The van der Waals surface area contributed by atoms with Crippen molar-refractivity contribution in [1.82, 2.24) is 0 Å². The minimum Gasteiger partial charge on any atom is -0.481 e. The van der Waals surface area contributed by atoms with Crippen LogP contribution in [-0.4, -0.2) is 27.6 Å². The number of carbonyl (C=O) groups excluding carboxylic acids is 1. The van der Waals surface area contributed by atoms with Crippen molar-refractivity contribution in [2.75, 3.05) is 0 Å². The summed E-state index contributed by atoms with van der Waals surface area (Å²) >= 11 is 0. The van der Waals surface area contributed by atoms with E-state index >= 15 is 0 Å². The maximum absolute atomic E-state index is 12.5. The van der Waals surface area contributed by atoms with Crippen LogP contribution in [0.25, 0.3) is 0 Å². The average Bonchev–Trinajstić information content (AvgIpc) is 2.91. The Balaban J connectivity index is 1.53. The summed E-state index contributed by atoms with van der Waals surface area (Å²) < 4.78 is 0. The summed E-state index contributed by atoms with van der Waals surface area (Å²) in [6, 6.07) is 0. The molecule has 0 aromatic carbocycles. The summed E-state index contributed by atoms with van der Waals surface area (Å²) in [5, 5.41) is 20.0. The van der Waals surface area contributed by atoms with Crippen molar-refractivity contribution in [2.24, 2.45) is 28.6 Å². The summed E-state index contributed by atoms with van der Waals surface area (Å²) in [6.45, 7) is 4.61. The van der Waals surface area contributed by atoms with Gasteiger partial charge in [-0.25, -0.2) is 0 Å². The predicted molar refractivity (Wildman–Crippen MR) is 103 cm³/mol. The molecule has 3 fully saturated rings. The summed E-state index contributed by atoms with van der Waals surface area (Å²) in [4.78, 5) is 23.3. The molecule has 4 aliphatic rings. The van der Waals surface area contributed by atoms with Crippen molar-refractivity contribution in [3.8, 4) is 0 Å². The second kappa shape index (κ2) is 6.43. The van der Waals surface area contributed by atoms with Crippen molar-refractivity contribution < 1.29 is 19.8 Å². The van der Waals surface area contributed by atoms with Crippen LogP contribution in [0.15, 0.2) is 11.6 Å². The van der Waals surface area contributed by atoms with Gasteiger partial charge in [-0.2, -0.15) is 0 Å². The van der Waals surface area contributed by atoms with Crippen LogP contribution in [0.4, 0.5) is 0 Å². The van der Waals surface area contributed by atoms with Crippen LogP contribution in [0.1, 0.15) is 84.5 Å². The molecule has 4 rings (SSSR count). The van der Waals surface area contributed by atoms with Crippen LogP contribution in [0.5, 0.6) is 0 Å². The van der Waals surface area contributed by atoms with Gasteiger partial charge in [-0.15, -0.1) is 0 Å². The van der Waals surface area contributed by atoms with Gasteiger partial charge in [0, 0.05) is 18.3 Å².